The maximum absolute atomic E-state index is 13.6. The Balaban J connectivity index is 2.86. The molecule has 78 valence electrons. The molecule has 1 aromatic rings. The number of alkyl halides is 1. The Bertz CT molecular complexity index is 301. The van der Waals surface area contributed by atoms with E-state index in [4.69, 9.17) is 4.74 Å². The molecule has 1 nitrogen and oxygen atoms in total. The van der Waals surface area contributed by atoms with Crippen LogP contribution in [0, 0.1) is 11.7 Å². The average molecular weight is 261 g/mol. The fraction of sp³-hybridized carbons (Fsp3) is 0.455. The van der Waals surface area contributed by atoms with Gasteiger partial charge in [0.15, 0.2) is 11.6 Å². The van der Waals surface area contributed by atoms with E-state index in [2.05, 4.69) is 22.9 Å². The van der Waals surface area contributed by atoms with Gasteiger partial charge in [-0.3, -0.25) is 0 Å². The van der Waals surface area contributed by atoms with Crippen molar-refractivity contribution >= 4 is 15.9 Å². The van der Waals surface area contributed by atoms with Crippen molar-refractivity contribution < 1.29 is 9.13 Å². The van der Waals surface area contributed by atoms with Crippen LogP contribution in [0.1, 0.15) is 12.5 Å². The largest absolute Gasteiger partial charge is 0.494 e. The first-order valence-corrected chi connectivity index (χ1v) is 5.68. The summed E-state index contributed by atoms with van der Waals surface area (Å²) in [5, 5.41) is 0.879. The lowest BCUT2D eigenvalue weighted by Crippen LogP contribution is -2.03. The molecule has 3 heteroatoms. The highest BCUT2D eigenvalue weighted by atomic mass is 79.9. The zero-order valence-electron chi connectivity index (χ0n) is 8.39. The van der Waals surface area contributed by atoms with Crippen LogP contribution in [0.2, 0.25) is 0 Å². The average Bonchev–Trinajstić information content (AvgIpc) is 2.21. The minimum absolute atomic E-state index is 0.234. The van der Waals surface area contributed by atoms with Crippen molar-refractivity contribution in [1.29, 1.82) is 0 Å². The molecule has 1 aromatic carbocycles. The molecule has 0 heterocycles. The molecule has 0 N–H and O–H groups in total. The topological polar surface area (TPSA) is 9.23 Å². The Labute approximate surface area is 92.4 Å². The van der Waals surface area contributed by atoms with E-state index in [1.807, 2.05) is 6.07 Å². The maximum Gasteiger partial charge on any atom is 0.168 e. The summed E-state index contributed by atoms with van der Waals surface area (Å²) in [6, 6.07) is 5.26. The Morgan fingerprint density at radius 3 is 2.79 bits per heavy atom. The fourth-order valence-electron chi connectivity index (χ4n) is 1.30. The van der Waals surface area contributed by atoms with Gasteiger partial charge in [0.2, 0.25) is 0 Å². The molecule has 1 rings (SSSR count). The lowest BCUT2D eigenvalue weighted by Gasteiger charge is -2.10. The summed E-state index contributed by atoms with van der Waals surface area (Å²) >= 11 is 3.38. The van der Waals surface area contributed by atoms with Gasteiger partial charge in [0.25, 0.3) is 0 Å². The van der Waals surface area contributed by atoms with Gasteiger partial charge >= 0.3 is 0 Å². The second-order valence-corrected chi connectivity index (χ2v) is 4.04. The predicted molar refractivity (Wildman–Crippen MR) is 59.6 cm³/mol. The number of hydrogen-bond donors (Lipinski definition) is 0. The Morgan fingerprint density at radius 1 is 1.50 bits per heavy atom. The molecular formula is C11H14BrFO. The number of benzene rings is 1. The molecule has 1 atom stereocenters. The van der Waals surface area contributed by atoms with Gasteiger partial charge in [0, 0.05) is 5.33 Å². The first kappa shape index (κ1) is 11.5. The molecule has 0 radical (unpaired) electrons. The summed E-state index contributed by atoms with van der Waals surface area (Å²) in [6.45, 7) is 2.08. The molecule has 0 aliphatic rings. The van der Waals surface area contributed by atoms with Crippen LogP contribution in [0.4, 0.5) is 4.39 Å². The van der Waals surface area contributed by atoms with Crippen molar-refractivity contribution in [3.05, 3.63) is 29.6 Å². The number of methoxy groups -OCH3 is 1. The van der Waals surface area contributed by atoms with Crippen molar-refractivity contribution in [2.75, 3.05) is 12.4 Å². The van der Waals surface area contributed by atoms with Gasteiger partial charge < -0.3 is 4.74 Å². The van der Waals surface area contributed by atoms with Crippen LogP contribution in [0.5, 0.6) is 5.75 Å². The van der Waals surface area contributed by atoms with Gasteiger partial charge in [-0.1, -0.05) is 35.0 Å². The zero-order valence-corrected chi connectivity index (χ0v) is 9.97. The Hall–Kier alpha value is -0.570. The molecule has 0 aromatic heterocycles. The Kier molecular flexibility index (Phi) is 4.39. The van der Waals surface area contributed by atoms with E-state index in [1.54, 1.807) is 12.1 Å². The van der Waals surface area contributed by atoms with Gasteiger partial charge in [0.05, 0.1) is 7.11 Å². The fourth-order valence-corrected chi connectivity index (χ4v) is 1.53. The summed E-state index contributed by atoms with van der Waals surface area (Å²) < 4.78 is 18.5. The number of hydrogen-bond acceptors (Lipinski definition) is 1. The standard InChI is InChI=1S/C11H14BrFO/c1-8(7-12)6-9-4-3-5-10(14-2)11(9)13/h3-5,8H,6-7H2,1-2H3. The van der Waals surface area contributed by atoms with Gasteiger partial charge in [0.1, 0.15) is 0 Å². The van der Waals surface area contributed by atoms with Crippen LogP contribution in [0.3, 0.4) is 0 Å². The van der Waals surface area contributed by atoms with E-state index in [9.17, 15) is 4.39 Å². The normalized spacial score (nSPS) is 12.6. The first-order chi connectivity index (χ1) is 6.69. The number of halogens is 2. The van der Waals surface area contributed by atoms with Gasteiger partial charge in [-0.05, 0) is 24.0 Å². The highest BCUT2D eigenvalue weighted by molar-refractivity contribution is 9.09. The quantitative estimate of drug-likeness (QED) is 0.755. The Morgan fingerprint density at radius 2 is 2.21 bits per heavy atom. The summed E-state index contributed by atoms with van der Waals surface area (Å²) in [6.07, 6.45) is 0.730. The summed E-state index contributed by atoms with van der Waals surface area (Å²) in [5.41, 5.74) is 0.719. The van der Waals surface area contributed by atoms with Crippen LogP contribution < -0.4 is 4.74 Å². The molecule has 0 spiro atoms. The maximum atomic E-state index is 13.6. The molecule has 0 aliphatic heterocycles. The van der Waals surface area contributed by atoms with E-state index in [1.165, 1.54) is 7.11 Å². The highest BCUT2D eigenvalue weighted by Gasteiger charge is 2.10. The molecule has 0 bridgehead atoms. The van der Waals surface area contributed by atoms with Crippen molar-refractivity contribution in [2.45, 2.75) is 13.3 Å². The zero-order chi connectivity index (χ0) is 10.6. The SMILES string of the molecule is COc1cccc(CC(C)CBr)c1F. The summed E-state index contributed by atoms with van der Waals surface area (Å²) in [5.74, 6) is 0.517. The lowest BCUT2D eigenvalue weighted by molar-refractivity contribution is 0.383. The van der Waals surface area contributed by atoms with Crippen LogP contribution in [-0.2, 0) is 6.42 Å². The lowest BCUT2D eigenvalue weighted by atomic mass is 10.0. The third-order valence-corrected chi connectivity index (χ3v) is 3.20. The van der Waals surface area contributed by atoms with E-state index in [0.717, 1.165) is 17.3 Å². The molecule has 0 saturated carbocycles. The van der Waals surface area contributed by atoms with E-state index >= 15 is 0 Å². The molecule has 0 amide bonds. The first-order valence-electron chi connectivity index (χ1n) is 4.56. The monoisotopic (exact) mass is 260 g/mol. The van der Waals surface area contributed by atoms with Gasteiger partial charge in [-0.25, -0.2) is 4.39 Å². The predicted octanol–water partition coefficient (Wildman–Crippen LogP) is 3.41. The second kappa shape index (κ2) is 5.35. The van der Waals surface area contributed by atoms with Crippen molar-refractivity contribution in [1.82, 2.24) is 0 Å². The van der Waals surface area contributed by atoms with Crippen LogP contribution in [0.25, 0.3) is 0 Å². The minimum Gasteiger partial charge on any atom is -0.494 e. The summed E-state index contributed by atoms with van der Waals surface area (Å²) in [4.78, 5) is 0. The van der Waals surface area contributed by atoms with Crippen molar-refractivity contribution in [3.63, 3.8) is 0 Å². The van der Waals surface area contributed by atoms with E-state index in [0.29, 0.717) is 11.7 Å². The third kappa shape index (κ3) is 2.71. The summed E-state index contributed by atoms with van der Waals surface area (Å²) in [7, 11) is 1.48. The van der Waals surface area contributed by atoms with Gasteiger partial charge in [-0.2, -0.15) is 0 Å². The van der Waals surface area contributed by atoms with Crippen LogP contribution in [-0.4, -0.2) is 12.4 Å². The molecule has 0 fully saturated rings. The van der Waals surface area contributed by atoms with Crippen LogP contribution >= 0.6 is 15.9 Å². The van der Waals surface area contributed by atoms with E-state index < -0.39 is 0 Å². The molecule has 0 aliphatic carbocycles. The van der Waals surface area contributed by atoms with Crippen molar-refractivity contribution in [2.24, 2.45) is 5.92 Å². The molecular weight excluding hydrogens is 247 g/mol. The van der Waals surface area contributed by atoms with Gasteiger partial charge in [-0.15, -0.1) is 0 Å². The van der Waals surface area contributed by atoms with E-state index in [-0.39, 0.29) is 5.82 Å². The second-order valence-electron chi connectivity index (χ2n) is 3.40. The number of rotatable bonds is 4. The minimum atomic E-state index is -0.234. The molecule has 14 heavy (non-hydrogen) atoms. The third-order valence-electron chi connectivity index (χ3n) is 2.09. The smallest absolute Gasteiger partial charge is 0.168 e. The number of ether oxygens (including phenoxy) is 1. The van der Waals surface area contributed by atoms with Crippen molar-refractivity contribution in [3.8, 4) is 5.75 Å². The molecule has 1 unspecified atom stereocenters. The van der Waals surface area contributed by atoms with Crippen LogP contribution in [0.15, 0.2) is 18.2 Å². The highest BCUT2D eigenvalue weighted by Crippen LogP contribution is 2.22. The molecule has 0 saturated heterocycles.